The first-order chi connectivity index (χ1) is 4.77. The van der Waals surface area contributed by atoms with Crippen molar-refractivity contribution in [1.29, 1.82) is 0 Å². The first-order valence-electron chi connectivity index (χ1n) is 3.72. The van der Waals surface area contributed by atoms with Crippen LogP contribution in [0.4, 0.5) is 0 Å². The Balaban J connectivity index is 2.77. The van der Waals surface area contributed by atoms with Crippen LogP contribution in [-0.4, -0.2) is 26.0 Å². The molecule has 10 heavy (non-hydrogen) atoms. The number of rotatable bonds is 6. The molecule has 3 nitrogen and oxygen atoms in total. The second-order valence-electron chi connectivity index (χ2n) is 2.19. The van der Waals surface area contributed by atoms with E-state index >= 15 is 0 Å². The van der Waals surface area contributed by atoms with Crippen molar-refractivity contribution in [2.45, 2.75) is 26.5 Å². The molecule has 1 atom stereocenters. The molecule has 0 fully saturated rings. The number of ether oxygens (including phenoxy) is 2. The molecule has 0 radical (unpaired) electrons. The van der Waals surface area contributed by atoms with Crippen molar-refractivity contribution < 1.29 is 9.47 Å². The third-order valence-electron chi connectivity index (χ3n) is 0.957. The van der Waals surface area contributed by atoms with Gasteiger partial charge in [-0.2, -0.15) is 0 Å². The van der Waals surface area contributed by atoms with Gasteiger partial charge in [-0.3, -0.25) is 0 Å². The highest BCUT2D eigenvalue weighted by atomic mass is 16.5. The van der Waals surface area contributed by atoms with Gasteiger partial charge in [0.1, 0.15) is 6.23 Å². The molecule has 2 N–H and O–H groups in total. The highest BCUT2D eigenvalue weighted by Crippen LogP contribution is 1.83. The molecule has 1 unspecified atom stereocenters. The number of hydrogen-bond acceptors (Lipinski definition) is 3. The van der Waals surface area contributed by atoms with Gasteiger partial charge in [-0.15, -0.1) is 0 Å². The molecular weight excluding hydrogens is 130 g/mol. The summed E-state index contributed by atoms with van der Waals surface area (Å²) >= 11 is 0. The van der Waals surface area contributed by atoms with Gasteiger partial charge in [-0.05, 0) is 13.3 Å². The lowest BCUT2D eigenvalue weighted by Crippen LogP contribution is -2.21. The molecule has 0 amide bonds. The van der Waals surface area contributed by atoms with Gasteiger partial charge in [0.25, 0.3) is 0 Å². The molecule has 0 aromatic heterocycles. The molecule has 3 heteroatoms. The molecule has 0 aliphatic heterocycles. The number of nitrogens with two attached hydrogens (primary N) is 1. The molecule has 62 valence electrons. The van der Waals surface area contributed by atoms with E-state index in [4.69, 9.17) is 15.2 Å². The molecule has 0 aliphatic carbocycles. The van der Waals surface area contributed by atoms with Crippen LogP contribution in [0, 0.1) is 0 Å². The van der Waals surface area contributed by atoms with Gasteiger partial charge in [0, 0.05) is 6.61 Å². The maximum Gasteiger partial charge on any atom is 0.102 e. The summed E-state index contributed by atoms with van der Waals surface area (Å²) in [6, 6.07) is 0. The first-order valence-corrected chi connectivity index (χ1v) is 3.72. The minimum atomic E-state index is -0.176. The van der Waals surface area contributed by atoms with Crippen molar-refractivity contribution in [3.05, 3.63) is 0 Å². The van der Waals surface area contributed by atoms with Crippen molar-refractivity contribution in [3.8, 4) is 0 Å². The maximum absolute atomic E-state index is 5.33. The molecular formula is C7H17NO2. The van der Waals surface area contributed by atoms with E-state index in [-0.39, 0.29) is 6.23 Å². The fraction of sp³-hybridized carbons (Fsp3) is 1.00. The minimum Gasteiger partial charge on any atom is -0.379 e. The summed E-state index contributed by atoms with van der Waals surface area (Å²) in [4.78, 5) is 0. The Morgan fingerprint density at radius 1 is 1.30 bits per heavy atom. The Morgan fingerprint density at radius 2 is 2.00 bits per heavy atom. The van der Waals surface area contributed by atoms with E-state index in [0.717, 1.165) is 13.0 Å². The Kier molecular flexibility index (Phi) is 6.91. The van der Waals surface area contributed by atoms with Gasteiger partial charge in [0.05, 0.1) is 13.2 Å². The van der Waals surface area contributed by atoms with Gasteiger partial charge in [0.15, 0.2) is 0 Å². The topological polar surface area (TPSA) is 44.5 Å². The van der Waals surface area contributed by atoms with Gasteiger partial charge in [-0.1, -0.05) is 6.92 Å². The van der Waals surface area contributed by atoms with Crippen molar-refractivity contribution in [2.24, 2.45) is 5.73 Å². The Labute approximate surface area is 62.5 Å². The van der Waals surface area contributed by atoms with E-state index in [1.54, 1.807) is 6.92 Å². The smallest absolute Gasteiger partial charge is 0.102 e. The largest absolute Gasteiger partial charge is 0.379 e. The first kappa shape index (κ1) is 9.88. The summed E-state index contributed by atoms with van der Waals surface area (Å²) in [6.45, 7) is 5.93. The monoisotopic (exact) mass is 147 g/mol. The van der Waals surface area contributed by atoms with Crippen molar-refractivity contribution >= 4 is 0 Å². The van der Waals surface area contributed by atoms with Crippen LogP contribution >= 0.6 is 0 Å². The second kappa shape index (κ2) is 6.99. The van der Waals surface area contributed by atoms with Gasteiger partial charge in [-0.25, -0.2) is 0 Å². The molecule has 0 aromatic carbocycles. The van der Waals surface area contributed by atoms with Crippen LogP contribution in [0.25, 0.3) is 0 Å². The van der Waals surface area contributed by atoms with Crippen LogP contribution in [0.2, 0.25) is 0 Å². The summed E-state index contributed by atoms with van der Waals surface area (Å²) in [5, 5.41) is 0. The van der Waals surface area contributed by atoms with Crippen LogP contribution in [0.5, 0.6) is 0 Å². The van der Waals surface area contributed by atoms with Crippen molar-refractivity contribution in [1.82, 2.24) is 0 Å². The highest BCUT2D eigenvalue weighted by molar-refractivity contribution is 4.34. The van der Waals surface area contributed by atoms with Crippen LogP contribution in [-0.2, 0) is 9.47 Å². The third kappa shape index (κ3) is 7.88. The zero-order chi connectivity index (χ0) is 7.82. The SMILES string of the molecule is CCCOCCOC(C)N. The molecule has 0 bridgehead atoms. The van der Waals surface area contributed by atoms with Gasteiger partial charge < -0.3 is 15.2 Å². The molecule has 0 spiro atoms. The third-order valence-corrected chi connectivity index (χ3v) is 0.957. The zero-order valence-corrected chi connectivity index (χ0v) is 6.80. The molecule has 0 heterocycles. The molecule has 0 rings (SSSR count). The molecule has 0 saturated heterocycles. The van der Waals surface area contributed by atoms with Crippen molar-refractivity contribution in [2.75, 3.05) is 19.8 Å². The van der Waals surface area contributed by atoms with Gasteiger partial charge in [0.2, 0.25) is 0 Å². The predicted octanol–water partition coefficient (Wildman–Crippen LogP) is 0.734. The Bertz CT molecular complexity index is 66.6. The second-order valence-corrected chi connectivity index (χ2v) is 2.19. The van der Waals surface area contributed by atoms with E-state index in [1.165, 1.54) is 0 Å². The van der Waals surface area contributed by atoms with Crippen molar-refractivity contribution in [3.63, 3.8) is 0 Å². The molecule has 0 aliphatic rings. The van der Waals surface area contributed by atoms with Crippen LogP contribution in [0.15, 0.2) is 0 Å². The average molecular weight is 147 g/mol. The highest BCUT2D eigenvalue weighted by Gasteiger charge is 1.91. The Hall–Kier alpha value is -0.120. The molecule has 0 aromatic rings. The lowest BCUT2D eigenvalue weighted by molar-refractivity contribution is 0.0151. The maximum atomic E-state index is 5.33. The van der Waals surface area contributed by atoms with E-state index < -0.39 is 0 Å². The van der Waals surface area contributed by atoms with Crippen LogP contribution < -0.4 is 5.73 Å². The standard InChI is InChI=1S/C7H17NO2/c1-3-4-9-5-6-10-7(2)8/h7H,3-6,8H2,1-2H3. The van der Waals surface area contributed by atoms with E-state index in [9.17, 15) is 0 Å². The quantitative estimate of drug-likeness (QED) is 0.445. The summed E-state index contributed by atoms with van der Waals surface area (Å²) in [5.74, 6) is 0. The summed E-state index contributed by atoms with van der Waals surface area (Å²) in [6.07, 6.45) is 0.878. The number of hydrogen-bond donors (Lipinski definition) is 1. The zero-order valence-electron chi connectivity index (χ0n) is 6.80. The Morgan fingerprint density at radius 3 is 2.50 bits per heavy atom. The normalized spacial score (nSPS) is 13.5. The van der Waals surface area contributed by atoms with Crippen LogP contribution in [0.1, 0.15) is 20.3 Å². The lowest BCUT2D eigenvalue weighted by Gasteiger charge is -2.06. The van der Waals surface area contributed by atoms with E-state index in [0.29, 0.717) is 13.2 Å². The summed E-state index contributed by atoms with van der Waals surface area (Å²) < 4.78 is 10.2. The van der Waals surface area contributed by atoms with Crippen LogP contribution in [0.3, 0.4) is 0 Å². The fourth-order valence-corrected chi connectivity index (χ4v) is 0.539. The predicted molar refractivity (Wildman–Crippen MR) is 40.7 cm³/mol. The lowest BCUT2D eigenvalue weighted by atomic mass is 10.5. The van der Waals surface area contributed by atoms with E-state index in [2.05, 4.69) is 6.92 Å². The summed E-state index contributed by atoms with van der Waals surface area (Å²) in [7, 11) is 0. The van der Waals surface area contributed by atoms with Gasteiger partial charge >= 0.3 is 0 Å². The molecule has 0 saturated carbocycles. The summed E-state index contributed by atoms with van der Waals surface area (Å²) in [5.41, 5.74) is 5.33. The minimum absolute atomic E-state index is 0.176. The fourth-order valence-electron chi connectivity index (χ4n) is 0.539. The average Bonchev–Trinajstić information content (AvgIpc) is 1.87. The van der Waals surface area contributed by atoms with E-state index in [1.807, 2.05) is 0 Å².